The predicted octanol–water partition coefficient (Wildman–Crippen LogP) is 2.11. The standard InChI is InChI=1S/C22H21F3N4O4/c23-22(24,25)12-33-18-9-13(7-8-26-18)10-27-17(30)11-28-20(31)19-15-3-1-2-4-16(15)21(32)29(19)14-5-6-14/h1-4,7-9,14,19H,5-6,10-12H2,(H,27,30)(H,28,31). The molecule has 0 bridgehead atoms. The van der Waals surface area contributed by atoms with Gasteiger partial charge in [-0.05, 0) is 36.1 Å². The lowest BCUT2D eigenvalue weighted by molar-refractivity contribution is -0.154. The Kier molecular flexibility index (Phi) is 6.21. The maximum atomic E-state index is 12.9. The van der Waals surface area contributed by atoms with Crippen molar-refractivity contribution in [3.63, 3.8) is 0 Å². The number of hydrogen-bond donors (Lipinski definition) is 2. The number of aromatic nitrogens is 1. The number of ether oxygens (including phenoxy) is 1. The summed E-state index contributed by atoms with van der Waals surface area (Å²) in [6.07, 6.45) is -1.53. The Morgan fingerprint density at radius 2 is 1.91 bits per heavy atom. The second-order valence-corrected chi connectivity index (χ2v) is 7.83. The van der Waals surface area contributed by atoms with Gasteiger partial charge in [-0.25, -0.2) is 4.98 Å². The van der Waals surface area contributed by atoms with Gasteiger partial charge >= 0.3 is 6.18 Å². The molecular formula is C22H21F3N4O4. The number of amides is 3. The van der Waals surface area contributed by atoms with Crippen molar-refractivity contribution >= 4 is 17.7 Å². The molecule has 3 amide bonds. The van der Waals surface area contributed by atoms with E-state index in [0.29, 0.717) is 16.7 Å². The zero-order valence-corrected chi connectivity index (χ0v) is 17.4. The lowest BCUT2D eigenvalue weighted by Crippen LogP contribution is -2.43. The monoisotopic (exact) mass is 462 g/mol. The van der Waals surface area contributed by atoms with Gasteiger partial charge in [0.15, 0.2) is 6.61 Å². The van der Waals surface area contributed by atoms with Crippen molar-refractivity contribution < 1.29 is 32.3 Å². The summed E-state index contributed by atoms with van der Waals surface area (Å²) in [5, 5.41) is 5.16. The number of benzene rings is 1. The Labute approximate surface area is 187 Å². The van der Waals surface area contributed by atoms with Crippen molar-refractivity contribution in [2.75, 3.05) is 13.2 Å². The fourth-order valence-electron chi connectivity index (χ4n) is 3.66. The lowest BCUT2D eigenvalue weighted by atomic mass is 10.0. The van der Waals surface area contributed by atoms with Crippen LogP contribution in [0.5, 0.6) is 5.88 Å². The number of alkyl halides is 3. The Bertz CT molecular complexity index is 1070. The number of nitrogens with one attached hydrogen (secondary N) is 2. The summed E-state index contributed by atoms with van der Waals surface area (Å²) in [6, 6.07) is 8.99. The van der Waals surface area contributed by atoms with Crippen LogP contribution in [0.25, 0.3) is 0 Å². The first-order chi connectivity index (χ1) is 15.7. The number of carbonyl (C=O) groups excluding carboxylic acids is 3. The Morgan fingerprint density at radius 1 is 1.15 bits per heavy atom. The van der Waals surface area contributed by atoms with E-state index in [1.165, 1.54) is 18.3 Å². The molecule has 2 heterocycles. The fourth-order valence-corrected chi connectivity index (χ4v) is 3.66. The lowest BCUT2D eigenvalue weighted by Gasteiger charge is -2.24. The van der Waals surface area contributed by atoms with Crippen molar-refractivity contribution in [2.24, 2.45) is 0 Å². The van der Waals surface area contributed by atoms with E-state index in [4.69, 9.17) is 0 Å². The molecule has 1 fully saturated rings. The summed E-state index contributed by atoms with van der Waals surface area (Å²) in [5.74, 6) is -1.33. The van der Waals surface area contributed by atoms with Crippen LogP contribution in [0.4, 0.5) is 13.2 Å². The maximum absolute atomic E-state index is 12.9. The zero-order chi connectivity index (χ0) is 23.6. The number of pyridine rings is 1. The SMILES string of the molecule is O=C(CNC(=O)C1c2ccccc2C(=O)N1C1CC1)NCc1ccnc(OCC(F)(F)F)c1. The van der Waals surface area contributed by atoms with Gasteiger partial charge in [0, 0.05) is 30.4 Å². The van der Waals surface area contributed by atoms with Gasteiger partial charge < -0.3 is 20.3 Å². The Balaban J connectivity index is 1.30. The summed E-state index contributed by atoms with van der Waals surface area (Å²) < 4.78 is 41.4. The first-order valence-corrected chi connectivity index (χ1v) is 10.3. The minimum atomic E-state index is -4.48. The van der Waals surface area contributed by atoms with E-state index in [-0.39, 0.29) is 30.9 Å². The molecule has 0 radical (unpaired) electrons. The molecule has 1 unspecified atom stereocenters. The van der Waals surface area contributed by atoms with Gasteiger partial charge in [0.1, 0.15) is 6.04 Å². The molecule has 2 aliphatic rings. The van der Waals surface area contributed by atoms with E-state index in [1.54, 1.807) is 29.2 Å². The van der Waals surface area contributed by atoms with Crippen molar-refractivity contribution in [1.29, 1.82) is 0 Å². The highest BCUT2D eigenvalue weighted by Crippen LogP contribution is 2.41. The van der Waals surface area contributed by atoms with E-state index in [2.05, 4.69) is 20.4 Å². The Morgan fingerprint density at radius 3 is 2.64 bits per heavy atom. The summed E-state index contributed by atoms with van der Waals surface area (Å²) in [7, 11) is 0. The Hall–Kier alpha value is -3.63. The molecule has 1 aliphatic carbocycles. The van der Waals surface area contributed by atoms with Gasteiger partial charge in [0.25, 0.3) is 5.91 Å². The smallest absolute Gasteiger partial charge is 0.422 e. The van der Waals surface area contributed by atoms with Gasteiger partial charge in [0.05, 0.1) is 6.54 Å². The summed E-state index contributed by atoms with van der Waals surface area (Å²) in [5.41, 5.74) is 1.60. The average Bonchev–Trinajstić information content (AvgIpc) is 3.58. The molecule has 11 heteroatoms. The first-order valence-electron chi connectivity index (χ1n) is 10.3. The third-order valence-corrected chi connectivity index (χ3v) is 5.28. The van der Waals surface area contributed by atoms with Crippen molar-refractivity contribution in [2.45, 2.75) is 37.6 Å². The number of carbonyl (C=O) groups is 3. The molecule has 1 aliphatic heterocycles. The highest BCUT2D eigenvalue weighted by atomic mass is 19.4. The zero-order valence-electron chi connectivity index (χ0n) is 17.4. The normalized spacial score (nSPS) is 17.5. The van der Waals surface area contributed by atoms with Gasteiger partial charge in [-0.1, -0.05) is 18.2 Å². The number of halogens is 3. The van der Waals surface area contributed by atoms with E-state index >= 15 is 0 Å². The average molecular weight is 462 g/mol. The molecule has 0 spiro atoms. The molecular weight excluding hydrogens is 441 g/mol. The van der Waals surface area contributed by atoms with Crippen LogP contribution in [0.15, 0.2) is 42.6 Å². The second kappa shape index (κ2) is 9.08. The second-order valence-electron chi connectivity index (χ2n) is 7.83. The van der Waals surface area contributed by atoms with E-state index in [0.717, 1.165) is 12.8 Å². The van der Waals surface area contributed by atoms with Crippen LogP contribution in [-0.2, 0) is 16.1 Å². The van der Waals surface area contributed by atoms with Gasteiger partial charge in [-0.2, -0.15) is 13.2 Å². The molecule has 2 N–H and O–H groups in total. The molecule has 1 aromatic heterocycles. The first kappa shape index (κ1) is 22.6. The molecule has 33 heavy (non-hydrogen) atoms. The highest BCUT2D eigenvalue weighted by Gasteiger charge is 2.47. The topological polar surface area (TPSA) is 101 Å². The molecule has 0 saturated heterocycles. The molecule has 174 valence electrons. The van der Waals surface area contributed by atoms with Crippen molar-refractivity contribution in [3.05, 3.63) is 59.3 Å². The molecule has 1 atom stereocenters. The minimum absolute atomic E-state index is 0.0124. The largest absolute Gasteiger partial charge is 0.468 e. The molecule has 2 aromatic rings. The van der Waals surface area contributed by atoms with Crippen LogP contribution in [0.2, 0.25) is 0 Å². The van der Waals surface area contributed by atoms with Gasteiger partial charge in [-0.3, -0.25) is 14.4 Å². The minimum Gasteiger partial charge on any atom is -0.468 e. The molecule has 8 nitrogen and oxygen atoms in total. The third-order valence-electron chi connectivity index (χ3n) is 5.28. The quantitative estimate of drug-likeness (QED) is 0.626. The molecule has 1 saturated carbocycles. The predicted molar refractivity (Wildman–Crippen MR) is 109 cm³/mol. The fraction of sp³-hybridized carbons (Fsp3) is 0.364. The van der Waals surface area contributed by atoms with Crippen LogP contribution in [0.3, 0.4) is 0 Å². The highest BCUT2D eigenvalue weighted by molar-refractivity contribution is 6.05. The summed E-state index contributed by atoms with van der Waals surface area (Å²) >= 11 is 0. The maximum Gasteiger partial charge on any atom is 0.422 e. The molecule has 1 aromatic carbocycles. The summed E-state index contributed by atoms with van der Waals surface area (Å²) in [4.78, 5) is 43.1. The number of hydrogen-bond acceptors (Lipinski definition) is 5. The van der Waals surface area contributed by atoms with Crippen LogP contribution in [0, 0.1) is 0 Å². The van der Waals surface area contributed by atoms with Crippen LogP contribution >= 0.6 is 0 Å². The van der Waals surface area contributed by atoms with Gasteiger partial charge in [0.2, 0.25) is 17.7 Å². The van der Waals surface area contributed by atoms with E-state index in [9.17, 15) is 27.6 Å². The number of rotatable bonds is 8. The van der Waals surface area contributed by atoms with Crippen LogP contribution < -0.4 is 15.4 Å². The van der Waals surface area contributed by atoms with Crippen molar-refractivity contribution in [1.82, 2.24) is 20.5 Å². The van der Waals surface area contributed by atoms with Crippen LogP contribution in [0.1, 0.15) is 40.4 Å². The van der Waals surface area contributed by atoms with Crippen molar-refractivity contribution in [3.8, 4) is 5.88 Å². The molecule has 4 rings (SSSR count). The number of nitrogens with zero attached hydrogens (tertiary/aromatic N) is 2. The van der Waals surface area contributed by atoms with E-state index < -0.39 is 30.6 Å². The number of fused-ring (bicyclic) bond motifs is 1. The van der Waals surface area contributed by atoms with Crippen LogP contribution in [-0.4, -0.2) is 53.0 Å². The third kappa shape index (κ3) is 5.41. The van der Waals surface area contributed by atoms with Gasteiger partial charge in [-0.15, -0.1) is 0 Å². The summed E-state index contributed by atoms with van der Waals surface area (Å²) in [6.45, 7) is -1.77. The van der Waals surface area contributed by atoms with E-state index in [1.807, 2.05) is 0 Å².